The summed E-state index contributed by atoms with van der Waals surface area (Å²) in [5.74, 6) is 0.945. The zero-order valence-corrected chi connectivity index (χ0v) is 15.1. The van der Waals surface area contributed by atoms with E-state index in [1.165, 1.54) is 11.3 Å². The summed E-state index contributed by atoms with van der Waals surface area (Å²) in [7, 11) is 3.14. The minimum atomic E-state index is -0.247. The number of thiazole rings is 1. The lowest BCUT2D eigenvalue weighted by atomic mass is 10.1. The number of anilines is 1. The van der Waals surface area contributed by atoms with E-state index in [0.717, 1.165) is 16.1 Å². The van der Waals surface area contributed by atoms with E-state index >= 15 is 0 Å². The quantitative estimate of drug-likeness (QED) is 0.730. The number of methoxy groups -OCH3 is 2. The molecule has 0 aliphatic carbocycles. The predicted octanol–water partition coefficient (Wildman–Crippen LogP) is 4.45. The maximum Gasteiger partial charge on any atom is 0.275 e. The van der Waals surface area contributed by atoms with Crippen molar-refractivity contribution < 1.29 is 14.3 Å². The molecule has 0 bridgehead atoms. The Kier molecular flexibility index (Phi) is 4.82. The minimum Gasteiger partial charge on any atom is -0.493 e. The number of aromatic nitrogens is 1. The van der Waals surface area contributed by atoms with E-state index in [-0.39, 0.29) is 5.91 Å². The van der Waals surface area contributed by atoms with Gasteiger partial charge in [0.25, 0.3) is 5.91 Å². The van der Waals surface area contributed by atoms with Crippen molar-refractivity contribution >= 4 is 34.3 Å². The zero-order chi connectivity index (χ0) is 17.1. The van der Waals surface area contributed by atoms with Crippen molar-refractivity contribution in [2.75, 3.05) is 19.5 Å². The Morgan fingerprint density at radius 2 is 1.92 bits per heavy atom. The average molecular weight is 360 g/mol. The van der Waals surface area contributed by atoms with Gasteiger partial charge in [0.15, 0.2) is 11.5 Å². The number of benzene rings is 1. The van der Waals surface area contributed by atoms with Crippen LogP contribution in [0.5, 0.6) is 11.5 Å². The van der Waals surface area contributed by atoms with Gasteiger partial charge in [-0.2, -0.15) is 11.3 Å². The Bertz CT molecular complexity index is 857. The second-order valence-electron chi connectivity index (χ2n) is 5.03. The van der Waals surface area contributed by atoms with Crippen molar-refractivity contribution in [3.05, 3.63) is 45.6 Å². The molecule has 0 spiro atoms. The molecule has 0 radical (unpaired) electrons. The third-order valence-corrected chi connectivity index (χ3v) is 5.06. The molecule has 0 saturated heterocycles. The SMILES string of the molecule is COc1cc(C)c(NC(=O)c2csc(-c3ccsc3)n2)cc1OC. The van der Waals surface area contributed by atoms with Gasteiger partial charge in [-0.05, 0) is 30.0 Å². The highest BCUT2D eigenvalue weighted by molar-refractivity contribution is 7.14. The highest BCUT2D eigenvalue weighted by Gasteiger charge is 2.15. The molecule has 1 amide bonds. The minimum absolute atomic E-state index is 0.247. The van der Waals surface area contributed by atoms with Crippen LogP contribution < -0.4 is 14.8 Å². The van der Waals surface area contributed by atoms with Crippen LogP contribution in [0.15, 0.2) is 34.3 Å². The summed E-state index contributed by atoms with van der Waals surface area (Å²) in [5, 5.41) is 9.49. The Labute approximate surface area is 147 Å². The lowest BCUT2D eigenvalue weighted by Gasteiger charge is -2.13. The smallest absolute Gasteiger partial charge is 0.275 e. The number of aryl methyl sites for hydroxylation is 1. The van der Waals surface area contributed by atoms with Crippen molar-refractivity contribution in [2.45, 2.75) is 6.92 Å². The molecule has 1 N–H and O–H groups in total. The van der Waals surface area contributed by atoms with Gasteiger partial charge in [-0.15, -0.1) is 11.3 Å². The fourth-order valence-corrected chi connectivity index (χ4v) is 3.71. The van der Waals surface area contributed by atoms with Crippen LogP contribution in [-0.2, 0) is 0 Å². The van der Waals surface area contributed by atoms with Gasteiger partial charge in [-0.25, -0.2) is 4.98 Å². The zero-order valence-electron chi connectivity index (χ0n) is 13.5. The number of hydrogen-bond donors (Lipinski definition) is 1. The molecular weight excluding hydrogens is 344 g/mol. The van der Waals surface area contributed by atoms with Crippen molar-refractivity contribution in [1.29, 1.82) is 0 Å². The highest BCUT2D eigenvalue weighted by Crippen LogP contribution is 2.33. The lowest BCUT2D eigenvalue weighted by Crippen LogP contribution is -2.13. The third-order valence-electron chi connectivity index (χ3n) is 3.48. The number of carbonyl (C=O) groups excluding carboxylic acids is 1. The second kappa shape index (κ2) is 7.02. The van der Waals surface area contributed by atoms with Crippen molar-refractivity contribution in [3.63, 3.8) is 0 Å². The molecule has 3 aromatic rings. The molecule has 0 aliphatic rings. The maximum absolute atomic E-state index is 12.5. The molecule has 2 heterocycles. The fourth-order valence-electron chi connectivity index (χ4n) is 2.20. The Morgan fingerprint density at radius 3 is 2.58 bits per heavy atom. The van der Waals surface area contributed by atoms with Gasteiger partial charge in [0.1, 0.15) is 10.7 Å². The molecule has 1 aromatic carbocycles. The molecule has 0 atom stereocenters. The molecule has 0 fully saturated rings. The predicted molar refractivity (Wildman–Crippen MR) is 97.7 cm³/mol. The van der Waals surface area contributed by atoms with Gasteiger partial charge in [0.2, 0.25) is 0 Å². The van der Waals surface area contributed by atoms with Crippen LogP contribution in [0.4, 0.5) is 5.69 Å². The second-order valence-corrected chi connectivity index (χ2v) is 6.66. The maximum atomic E-state index is 12.5. The summed E-state index contributed by atoms with van der Waals surface area (Å²) in [6.07, 6.45) is 0. The third kappa shape index (κ3) is 3.27. The number of carbonyl (C=O) groups is 1. The van der Waals surface area contributed by atoms with E-state index in [4.69, 9.17) is 9.47 Å². The first kappa shape index (κ1) is 16.5. The lowest BCUT2D eigenvalue weighted by molar-refractivity contribution is 0.102. The normalized spacial score (nSPS) is 10.5. The monoisotopic (exact) mass is 360 g/mol. The van der Waals surface area contributed by atoms with Crippen LogP contribution in [0, 0.1) is 6.92 Å². The van der Waals surface area contributed by atoms with Crippen molar-refractivity contribution in [2.24, 2.45) is 0 Å². The topological polar surface area (TPSA) is 60.5 Å². The molecule has 0 saturated carbocycles. The van der Waals surface area contributed by atoms with Crippen LogP contribution in [0.1, 0.15) is 16.1 Å². The van der Waals surface area contributed by atoms with Crippen LogP contribution in [-0.4, -0.2) is 25.1 Å². The van der Waals surface area contributed by atoms with Crippen LogP contribution in [0.3, 0.4) is 0 Å². The number of ether oxygens (including phenoxy) is 2. The highest BCUT2D eigenvalue weighted by atomic mass is 32.1. The standard InChI is InChI=1S/C17H16N2O3S2/c1-10-6-14(21-2)15(22-3)7-12(10)18-16(20)13-9-24-17(19-13)11-4-5-23-8-11/h4-9H,1-3H3,(H,18,20). The van der Waals surface area contributed by atoms with Gasteiger partial charge in [0, 0.05) is 28.1 Å². The van der Waals surface area contributed by atoms with E-state index in [1.54, 1.807) is 37.0 Å². The first-order valence-electron chi connectivity index (χ1n) is 7.14. The van der Waals surface area contributed by atoms with Crippen molar-refractivity contribution in [3.8, 4) is 22.1 Å². The number of rotatable bonds is 5. The number of hydrogen-bond acceptors (Lipinski definition) is 6. The van der Waals surface area contributed by atoms with Crippen LogP contribution >= 0.6 is 22.7 Å². The molecule has 124 valence electrons. The summed E-state index contributed by atoms with van der Waals surface area (Å²) < 4.78 is 10.5. The van der Waals surface area contributed by atoms with Gasteiger partial charge in [-0.1, -0.05) is 0 Å². The van der Waals surface area contributed by atoms with E-state index in [2.05, 4.69) is 10.3 Å². The van der Waals surface area contributed by atoms with Crippen molar-refractivity contribution in [1.82, 2.24) is 4.98 Å². The summed E-state index contributed by atoms with van der Waals surface area (Å²) in [5.41, 5.74) is 2.98. The average Bonchev–Trinajstić information content (AvgIpc) is 3.27. The number of thiophene rings is 1. The van der Waals surface area contributed by atoms with Gasteiger partial charge >= 0.3 is 0 Å². The molecule has 24 heavy (non-hydrogen) atoms. The number of nitrogens with zero attached hydrogens (tertiary/aromatic N) is 1. The fraction of sp³-hybridized carbons (Fsp3) is 0.176. The largest absolute Gasteiger partial charge is 0.493 e. The van der Waals surface area contributed by atoms with E-state index in [9.17, 15) is 4.79 Å². The van der Waals surface area contributed by atoms with E-state index in [1.807, 2.05) is 29.8 Å². The molecule has 0 unspecified atom stereocenters. The van der Waals surface area contributed by atoms with Crippen LogP contribution in [0.25, 0.3) is 10.6 Å². The Balaban J connectivity index is 1.82. The number of amides is 1. The summed E-state index contributed by atoms with van der Waals surface area (Å²) >= 11 is 3.06. The van der Waals surface area contributed by atoms with E-state index in [0.29, 0.717) is 22.9 Å². The molecule has 3 rings (SSSR count). The van der Waals surface area contributed by atoms with Crippen LogP contribution in [0.2, 0.25) is 0 Å². The van der Waals surface area contributed by atoms with Gasteiger partial charge in [0.05, 0.1) is 14.2 Å². The van der Waals surface area contributed by atoms with Gasteiger partial charge < -0.3 is 14.8 Å². The molecular formula is C17H16N2O3S2. The Hall–Kier alpha value is -2.38. The summed E-state index contributed by atoms with van der Waals surface area (Å²) in [6.45, 7) is 1.90. The van der Waals surface area contributed by atoms with Gasteiger partial charge in [-0.3, -0.25) is 4.79 Å². The molecule has 0 aliphatic heterocycles. The Morgan fingerprint density at radius 1 is 1.17 bits per heavy atom. The first-order valence-corrected chi connectivity index (χ1v) is 8.96. The summed E-state index contributed by atoms with van der Waals surface area (Å²) in [6, 6.07) is 5.56. The molecule has 5 nitrogen and oxygen atoms in total. The first-order chi connectivity index (χ1) is 11.6. The summed E-state index contributed by atoms with van der Waals surface area (Å²) in [4.78, 5) is 16.9. The number of nitrogens with one attached hydrogen (secondary N) is 1. The van der Waals surface area contributed by atoms with E-state index < -0.39 is 0 Å². The molecule has 2 aromatic heterocycles. The molecule has 7 heteroatoms.